The SMILES string of the molecule is Cn1c(C2=C(O)CN(c3ccc4c(c3)OCCO4)C2=N)nc2ccccc21. The summed E-state index contributed by atoms with van der Waals surface area (Å²) in [6.45, 7) is 1.25. The zero-order chi connectivity index (χ0) is 18.5. The highest BCUT2D eigenvalue weighted by Gasteiger charge is 2.32. The van der Waals surface area contributed by atoms with Crippen LogP contribution in [0.4, 0.5) is 5.69 Å². The number of aromatic nitrogens is 2. The summed E-state index contributed by atoms with van der Waals surface area (Å²) in [7, 11) is 1.89. The Labute approximate surface area is 155 Å². The third-order valence-corrected chi connectivity index (χ3v) is 4.95. The Hall–Kier alpha value is -3.48. The van der Waals surface area contributed by atoms with E-state index in [0.717, 1.165) is 16.7 Å². The van der Waals surface area contributed by atoms with Gasteiger partial charge in [-0.25, -0.2) is 4.98 Å². The van der Waals surface area contributed by atoms with Gasteiger partial charge in [-0.1, -0.05) is 12.1 Å². The van der Waals surface area contributed by atoms with Crippen molar-refractivity contribution in [1.29, 1.82) is 5.41 Å². The van der Waals surface area contributed by atoms with Crippen molar-refractivity contribution in [1.82, 2.24) is 9.55 Å². The molecule has 0 unspecified atom stereocenters. The molecular formula is C20H18N4O3. The number of benzene rings is 2. The Morgan fingerprint density at radius 1 is 1.07 bits per heavy atom. The molecule has 3 heterocycles. The van der Waals surface area contributed by atoms with E-state index in [1.165, 1.54) is 0 Å². The zero-order valence-electron chi connectivity index (χ0n) is 14.8. The summed E-state index contributed by atoms with van der Waals surface area (Å²) in [5.74, 6) is 2.28. The van der Waals surface area contributed by atoms with Crippen molar-refractivity contribution >= 4 is 28.1 Å². The fourth-order valence-electron chi connectivity index (χ4n) is 3.60. The van der Waals surface area contributed by atoms with Gasteiger partial charge in [-0.2, -0.15) is 0 Å². The largest absolute Gasteiger partial charge is 0.509 e. The molecule has 2 aromatic carbocycles. The van der Waals surface area contributed by atoms with Crippen molar-refractivity contribution < 1.29 is 14.6 Å². The maximum absolute atomic E-state index is 10.6. The van der Waals surface area contributed by atoms with E-state index in [1.54, 1.807) is 4.90 Å². The predicted octanol–water partition coefficient (Wildman–Crippen LogP) is 3.11. The standard InChI is InChI=1S/C20H18N4O3/c1-23-14-5-3-2-4-13(14)22-20(23)18-15(25)11-24(19(18)21)12-6-7-16-17(10-12)27-9-8-26-16/h2-7,10,21,25H,8-9,11H2,1H3. The molecule has 2 aliphatic rings. The molecule has 7 heteroatoms. The van der Waals surface area contributed by atoms with Gasteiger partial charge in [0.2, 0.25) is 0 Å². The Morgan fingerprint density at radius 2 is 1.85 bits per heavy atom. The van der Waals surface area contributed by atoms with E-state index < -0.39 is 0 Å². The number of para-hydroxylation sites is 2. The van der Waals surface area contributed by atoms with Gasteiger partial charge in [0, 0.05) is 18.8 Å². The third-order valence-electron chi connectivity index (χ3n) is 4.95. The molecule has 0 fully saturated rings. The second-order valence-corrected chi connectivity index (χ2v) is 6.57. The van der Waals surface area contributed by atoms with Crippen LogP contribution in [-0.2, 0) is 7.05 Å². The van der Waals surface area contributed by atoms with Gasteiger partial charge in [-0.3, -0.25) is 5.41 Å². The van der Waals surface area contributed by atoms with Crippen molar-refractivity contribution in [2.24, 2.45) is 7.05 Å². The molecule has 5 rings (SSSR count). The van der Waals surface area contributed by atoms with E-state index in [1.807, 2.05) is 54.1 Å². The number of rotatable bonds is 2. The molecule has 2 N–H and O–H groups in total. The van der Waals surface area contributed by atoms with Gasteiger partial charge in [0.25, 0.3) is 0 Å². The molecule has 2 aliphatic heterocycles. The summed E-state index contributed by atoms with van der Waals surface area (Å²) in [4.78, 5) is 6.36. The second kappa shape index (κ2) is 5.77. The summed E-state index contributed by atoms with van der Waals surface area (Å²) >= 11 is 0. The zero-order valence-corrected chi connectivity index (χ0v) is 14.8. The number of hydrogen-bond acceptors (Lipinski definition) is 5. The summed E-state index contributed by atoms with van der Waals surface area (Å²) in [6, 6.07) is 13.3. The topological polar surface area (TPSA) is 83.6 Å². The lowest BCUT2D eigenvalue weighted by molar-refractivity contribution is 0.171. The van der Waals surface area contributed by atoms with Crippen LogP contribution < -0.4 is 14.4 Å². The van der Waals surface area contributed by atoms with Gasteiger partial charge in [-0.15, -0.1) is 0 Å². The average molecular weight is 362 g/mol. The maximum atomic E-state index is 10.6. The highest BCUT2D eigenvalue weighted by molar-refractivity contribution is 6.30. The number of imidazole rings is 1. The van der Waals surface area contributed by atoms with Crippen LogP contribution in [0.15, 0.2) is 48.2 Å². The first-order valence-corrected chi connectivity index (χ1v) is 8.73. The van der Waals surface area contributed by atoms with E-state index >= 15 is 0 Å². The number of aliphatic hydroxyl groups is 1. The van der Waals surface area contributed by atoms with E-state index in [-0.39, 0.29) is 18.1 Å². The number of anilines is 1. The van der Waals surface area contributed by atoms with Crippen LogP contribution in [-0.4, -0.2) is 40.3 Å². The molecule has 7 nitrogen and oxygen atoms in total. The summed E-state index contributed by atoms with van der Waals surface area (Å²) in [5, 5.41) is 19.3. The lowest BCUT2D eigenvalue weighted by Crippen LogP contribution is -2.26. The molecule has 0 aliphatic carbocycles. The minimum atomic E-state index is 0.133. The van der Waals surface area contributed by atoms with Crippen LogP contribution in [0.5, 0.6) is 11.5 Å². The smallest absolute Gasteiger partial charge is 0.163 e. The second-order valence-electron chi connectivity index (χ2n) is 6.57. The molecule has 0 spiro atoms. The molecule has 0 saturated heterocycles. The molecule has 0 atom stereocenters. The molecule has 0 saturated carbocycles. The van der Waals surface area contributed by atoms with Crippen LogP contribution in [0.3, 0.4) is 0 Å². The van der Waals surface area contributed by atoms with Gasteiger partial charge in [-0.05, 0) is 24.3 Å². The maximum Gasteiger partial charge on any atom is 0.163 e. The fraction of sp³-hybridized carbons (Fsp3) is 0.200. The summed E-state index contributed by atoms with van der Waals surface area (Å²) < 4.78 is 13.1. The minimum Gasteiger partial charge on any atom is -0.509 e. The number of hydrogen-bond donors (Lipinski definition) is 2. The van der Waals surface area contributed by atoms with E-state index in [2.05, 4.69) is 4.98 Å². The van der Waals surface area contributed by atoms with Gasteiger partial charge in [0.15, 0.2) is 11.5 Å². The van der Waals surface area contributed by atoms with Crippen LogP contribution in [0.2, 0.25) is 0 Å². The van der Waals surface area contributed by atoms with Gasteiger partial charge < -0.3 is 24.0 Å². The first kappa shape index (κ1) is 15.7. The molecular weight excluding hydrogens is 344 g/mol. The molecule has 136 valence electrons. The molecule has 3 aromatic rings. The van der Waals surface area contributed by atoms with E-state index in [0.29, 0.717) is 36.1 Å². The number of aliphatic hydroxyl groups excluding tert-OH is 1. The number of amidine groups is 1. The number of aryl methyl sites for hydroxylation is 1. The number of nitrogens with one attached hydrogen (secondary N) is 1. The van der Waals surface area contributed by atoms with Gasteiger partial charge in [0.05, 0.1) is 23.2 Å². The van der Waals surface area contributed by atoms with E-state index in [9.17, 15) is 5.11 Å². The minimum absolute atomic E-state index is 0.133. The molecule has 0 amide bonds. The molecule has 1 aromatic heterocycles. The lowest BCUT2D eigenvalue weighted by atomic mass is 10.2. The highest BCUT2D eigenvalue weighted by Crippen LogP contribution is 2.37. The van der Waals surface area contributed by atoms with Crippen LogP contribution in [0.1, 0.15) is 5.82 Å². The van der Waals surface area contributed by atoms with Gasteiger partial charge >= 0.3 is 0 Å². The van der Waals surface area contributed by atoms with Crippen LogP contribution in [0.25, 0.3) is 16.6 Å². The Morgan fingerprint density at radius 3 is 2.67 bits per heavy atom. The number of nitrogens with zero attached hydrogens (tertiary/aromatic N) is 3. The fourth-order valence-corrected chi connectivity index (χ4v) is 3.60. The van der Waals surface area contributed by atoms with Crippen molar-refractivity contribution in [3.63, 3.8) is 0 Å². The predicted molar refractivity (Wildman–Crippen MR) is 103 cm³/mol. The van der Waals surface area contributed by atoms with Crippen LogP contribution in [0, 0.1) is 5.41 Å². The quantitative estimate of drug-likeness (QED) is 0.732. The number of fused-ring (bicyclic) bond motifs is 2. The third kappa shape index (κ3) is 2.35. The Balaban J connectivity index is 1.53. The van der Waals surface area contributed by atoms with Crippen molar-refractivity contribution in [2.45, 2.75) is 0 Å². The van der Waals surface area contributed by atoms with Gasteiger partial charge in [0.1, 0.15) is 30.6 Å². The van der Waals surface area contributed by atoms with Crippen molar-refractivity contribution in [3.05, 3.63) is 54.0 Å². The molecule has 27 heavy (non-hydrogen) atoms. The Kier molecular flexibility index (Phi) is 3.36. The Bertz CT molecular complexity index is 1120. The highest BCUT2D eigenvalue weighted by atomic mass is 16.6. The van der Waals surface area contributed by atoms with Crippen molar-refractivity contribution in [3.8, 4) is 11.5 Å². The molecule has 0 radical (unpaired) electrons. The first-order valence-electron chi connectivity index (χ1n) is 8.73. The van der Waals surface area contributed by atoms with Crippen LogP contribution >= 0.6 is 0 Å². The molecule has 0 bridgehead atoms. The normalized spacial score (nSPS) is 16.5. The monoisotopic (exact) mass is 362 g/mol. The lowest BCUT2D eigenvalue weighted by Gasteiger charge is -2.23. The van der Waals surface area contributed by atoms with E-state index in [4.69, 9.17) is 14.9 Å². The number of ether oxygens (including phenoxy) is 2. The first-order chi connectivity index (χ1) is 13.1. The summed E-state index contributed by atoms with van der Waals surface area (Å²) in [5.41, 5.74) is 3.01. The average Bonchev–Trinajstić information content (AvgIpc) is 3.17. The summed E-state index contributed by atoms with van der Waals surface area (Å²) in [6.07, 6.45) is 0. The van der Waals surface area contributed by atoms with Crippen molar-refractivity contribution in [2.75, 3.05) is 24.7 Å².